The summed E-state index contributed by atoms with van der Waals surface area (Å²) in [6.45, 7) is 2.50. The minimum atomic E-state index is -0.606. The van der Waals surface area contributed by atoms with Gasteiger partial charge in [0.05, 0.1) is 4.88 Å². The minimum absolute atomic E-state index is 0.113. The van der Waals surface area contributed by atoms with Crippen molar-refractivity contribution in [1.82, 2.24) is 14.7 Å². The van der Waals surface area contributed by atoms with Crippen LogP contribution in [0, 0.1) is 5.92 Å². The number of carbonyl (C=O) groups excluding carboxylic acids is 1. The number of carbonyl (C=O) groups is 1. The van der Waals surface area contributed by atoms with E-state index in [2.05, 4.69) is 12.0 Å². The Balaban J connectivity index is 1.54. The van der Waals surface area contributed by atoms with E-state index in [0.29, 0.717) is 12.5 Å². The van der Waals surface area contributed by atoms with Crippen molar-refractivity contribution in [2.75, 3.05) is 0 Å². The molecule has 6 nitrogen and oxygen atoms in total. The Morgan fingerprint density at radius 2 is 2.07 bits per heavy atom. The van der Waals surface area contributed by atoms with Gasteiger partial charge in [0.15, 0.2) is 0 Å². The molecule has 0 saturated heterocycles. The lowest BCUT2D eigenvalue weighted by Gasteiger charge is -2.29. The molecule has 1 saturated carbocycles. The molecule has 140 valence electrons. The Hall–Kier alpha value is -2.67. The molecule has 1 aliphatic carbocycles. The van der Waals surface area contributed by atoms with Gasteiger partial charge in [-0.3, -0.25) is 4.79 Å². The zero-order valence-corrected chi connectivity index (χ0v) is 15.9. The third-order valence-corrected chi connectivity index (χ3v) is 5.79. The van der Waals surface area contributed by atoms with Crippen molar-refractivity contribution in [3.63, 3.8) is 0 Å². The van der Waals surface area contributed by atoms with Gasteiger partial charge in [-0.15, -0.1) is 16.4 Å². The highest BCUT2D eigenvalue weighted by molar-refractivity contribution is 7.13. The van der Waals surface area contributed by atoms with Crippen molar-refractivity contribution in [2.24, 2.45) is 5.92 Å². The number of rotatable bonds is 7. The van der Waals surface area contributed by atoms with E-state index in [4.69, 9.17) is 4.42 Å². The van der Waals surface area contributed by atoms with E-state index in [1.807, 2.05) is 52.7 Å². The van der Waals surface area contributed by atoms with Crippen molar-refractivity contribution < 1.29 is 9.21 Å². The molecule has 0 radical (unpaired) electrons. The minimum Gasteiger partial charge on any atom is -0.387 e. The van der Waals surface area contributed by atoms with Crippen LogP contribution >= 0.6 is 11.3 Å². The van der Waals surface area contributed by atoms with E-state index in [1.165, 1.54) is 11.3 Å². The Bertz CT molecular complexity index is 958. The molecule has 2 aromatic heterocycles. The van der Waals surface area contributed by atoms with Gasteiger partial charge in [-0.1, -0.05) is 36.4 Å². The summed E-state index contributed by atoms with van der Waals surface area (Å²) in [4.78, 5) is 27.8. The van der Waals surface area contributed by atoms with Gasteiger partial charge in [-0.2, -0.15) is 4.68 Å². The maximum Gasteiger partial charge on any atom is 0.437 e. The fraction of sp³-hybridized carbons (Fsp3) is 0.350. The van der Waals surface area contributed by atoms with Crippen LogP contribution in [0.15, 0.2) is 57.1 Å². The summed E-state index contributed by atoms with van der Waals surface area (Å²) in [5.41, 5.74) is 1.07. The van der Waals surface area contributed by atoms with Crippen molar-refractivity contribution in [3.05, 3.63) is 64.0 Å². The second kappa shape index (κ2) is 7.52. The van der Waals surface area contributed by atoms with Crippen LogP contribution in [0.3, 0.4) is 0 Å². The van der Waals surface area contributed by atoms with E-state index < -0.39 is 5.76 Å². The van der Waals surface area contributed by atoms with E-state index in [1.54, 1.807) is 0 Å². The second-order valence-corrected chi connectivity index (χ2v) is 7.84. The van der Waals surface area contributed by atoms with Gasteiger partial charge >= 0.3 is 5.76 Å². The quantitative estimate of drug-likeness (QED) is 0.627. The maximum absolute atomic E-state index is 13.0. The first-order valence-electron chi connectivity index (χ1n) is 9.07. The number of hydrogen-bond donors (Lipinski definition) is 0. The van der Waals surface area contributed by atoms with Crippen LogP contribution in [0.25, 0.3) is 10.8 Å². The fourth-order valence-corrected chi connectivity index (χ4v) is 3.84. The van der Waals surface area contributed by atoms with Gasteiger partial charge in [0.25, 0.3) is 5.89 Å². The van der Waals surface area contributed by atoms with Crippen LogP contribution in [-0.4, -0.2) is 26.6 Å². The van der Waals surface area contributed by atoms with E-state index in [9.17, 15) is 9.59 Å². The smallest absolute Gasteiger partial charge is 0.387 e. The first kappa shape index (κ1) is 17.7. The average Bonchev–Trinajstić information content (AvgIpc) is 3.26. The summed E-state index contributed by atoms with van der Waals surface area (Å²) in [5.74, 6) is 0.0675. The second-order valence-electron chi connectivity index (χ2n) is 6.89. The normalized spacial score (nSPS) is 14.9. The SMILES string of the molecule is CC(C1CC1)N(Cc1ccccc1)C(=O)Cn1nc(-c2cccs2)oc1=O. The first-order chi connectivity index (χ1) is 13.1. The van der Waals surface area contributed by atoms with Gasteiger partial charge in [0, 0.05) is 12.6 Å². The molecule has 2 heterocycles. The molecular formula is C20H21N3O3S. The van der Waals surface area contributed by atoms with Crippen LogP contribution in [0.2, 0.25) is 0 Å². The van der Waals surface area contributed by atoms with Crippen LogP contribution in [0.5, 0.6) is 0 Å². The lowest BCUT2D eigenvalue weighted by Crippen LogP contribution is -2.42. The Morgan fingerprint density at radius 3 is 2.74 bits per heavy atom. The van der Waals surface area contributed by atoms with Crippen molar-refractivity contribution in [2.45, 2.75) is 38.9 Å². The number of thiophene rings is 1. The number of amides is 1. The zero-order chi connectivity index (χ0) is 18.8. The summed E-state index contributed by atoms with van der Waals surface area (Å²) in [6, 6.07) is 13.7. The predicted molar refractivity (Wildman–Crippen MR) is 103 cm³/mol. The predicted octanol–water partition coefficient (Wildman–Crippen LogP) is 3.39. The summed E-state index contributed by atoms with van der Waals surface area (Å²) in [6.07, 6.45) is 2.29. The first-order valence-corrected chi connectivity index (χ1v) is 9.95. The molecule has 0 N–H and O–H groups in total. The third kappa shape index (κ3) is 4.03. The standard InChI is InChI=1S/C20H21N3O3S/c1-14(16-9-10-16)22(12-15-6-3-2-4-7-15)18(24)13-23-20(25)26-19(21-23)17-8-5-11-27-17/h2-8,11,14,16H,9-10,12-13H2,1H3. The maximum atomic E-state index is 13.0. The summed E-state index contributed by atoms with van der Waals surface area (Å²) >= 11 is 1.44. The number of aromatic nitrogens is 2. The number of nitrogens with zero attached hydrogens (tertiary/aromatic N) is 3. The molecule has 1 amide bonds. The Labute approximate surface area is 161 Å². The zero-order valence-electron chi connectivity index (χ0n) is 15.1. The molecule has 4 rings (SSSR count). The Kier molecular flexibility index (Phi) is 4.94. The van der Waals surface area contributed by atoms with Crippen molar-refractivity contribution in [1.29, 1.82) is 0 Å². The highest BCUT2D eigenvalue weighted by atomic mass is 32.1. The largest absolute Gasteiger partial charge is 0.437 e. The summed E-state index contributed by atoms with van der Waals surface area (Å²) in [7, 11) is 0. The van der Waals surface area contributed by atoms with Gasteiger partial charge in [0.1, 0.15) is 6.54 Å². The van der Waals surface area contributed by atoms with Crippen LogP contribution < -0.4 is 5.76 Å². The fourth-order valence-electron chi connectivity index (χ4n) is 3.20. The molecule has 1 fully saturated rings. The van der Waals surface area contributed by atoms with Gasteiger partial charge in [-0.25, -0.2) is 4.79 Å². The van der Waals surface area contributed by atoms with Crippen LogP contribution in [-0.2, 0) is 17.9 Å². The van der Waals surface area contributed by atoms with Gasteiger partial charge in [0.2, 0.25) is 5.91 Å². The van der Waals surface area contributed by atoms with Crippen molar-refractivity contribution >= 4 is 17.2 Å². The highest BCUT2D eigenvalue weighted by Crippen LogP contribution is 2.35. The molecule has 1 aromatic carbocycles. The van der Waals surface area contributed by atoms with E-state index >= 15 is 0 Å². The molecule has 1 aliphatic rings. The van der Waals surface area contributed by atoms with Crippen LogP contribution in [0.4, 0.5) is 0 Å². The van der Waals surface area contributed by atoms with E-state index in [0.717, 1.165) is 28.0 Å². The lowest BCUT2D eigenvalue weighted by molar-refractivity contribution is -0.135. The molecular weight excluding hydrogens is 362 g/mol. The molecule has 7 heteroatoms. The molecule has 1 atom stereocenters. The van der Waals surface area contributed by atoms with Gasteiger partial charge in [-0.05, 0) is 42.7 Å². The monoisotopic (exact) mass is 383 g/mol. The molecule has 0 spiro atoms. The van der Waals surface area contributed by atoms with Crippen molar-refractivity contribution in [3.8, 4) is 10.8 Å². The topological polar surface area (TPSA) is 68.3 Å². The Morgan fingerprint density at radius 1 is 1.30 bits per heavy atom. The molecule has 0 aliphatic heterocycles. The molecule has 3 aromatic rings. The number of hydrogen-bond acceptors (Lipinski definition) is 5. The molecule has 1 unspecified atom stereocenters. The summed E-state index contributed by atoms with van der Waals surface area (Å²) in [5, 5.41) is 6.09. The molecule has 27 heavy (non-hydrogen) atoms. The van der Waals surface area contributed by atoms with Crippen LogP contribution in [0.1, 0.15) is 25.3 Å². The highest BCUT2D eigenvalue weighted by Gasteiger charge is 2.34. The van der Waals surface area contributed by atoms with E-state index in [-0.39, 0.29) is 24.4 Å². The average molecular weight is 383 g/mol. The lowest BCUT2D eigenvalue weighted by atomic mass is 10.1. The van der Waals surface area contributed by atoms with Gasteiger partial charge < -0.3 is 9.32 Å². The summed E-state index contributed by atoms with van der Waals surface area (Å²) < 4.78 is 6.33. The molecule has 0 bridgehead atoms. The number of benzene rings is 1. The third-order valence-electron chi connectivity index (χ3n) is 4.94.